The van der Waals surface area contributed by atoms with Crippen LogP contribution in [0.5, 0.6) is 0 Å². The van der Waals surface area contributed by atoms with E-state index in [1.54, 1.807) is 0 Å². The largest absolute Gasteiger partial charge is 0.334 e. The Bertz CT molecular complexity index is 282. The monoisotopic (exact) mass is 224 g/mol. The van der Waals surface area contributed by atoms with Gasteiger partial charge in [-0.15, -0.1) is 0 Å². The molecule has 4 nitrogen and oxygen atoms in total. The summed E-state index contributed by atoms with van der Waals surface area (Å²) in [5.74, 6) is 1.10. The number of aromatic nitrogens is 2. The fourth-order valence-corrected chi connectivity index (χ4v) is 1.73. The van der Waals surface area contributed by atoms with Gasteiger partial charge in [-0.3, -0.25) is 0 Å². The molecule has 0 saturated carbocycles. The molecule has 0 aliphatic rings. The first-order valence-corrected chi connectivity index (χ1v) is 6.18. The minimum Gasteiger partial charge on any atom is -0.334 e. The highest BCUT2D eigenvalue weighted by Gasteiger charge is 2.03. The number of rotatable bonds is 8. The van der Waals surface area contributed by atoms with E-state index >= 15 is 0 Å². The second-order valence-electron chi connectivity index (χ2n) is 3.96. The van der Waals surface area contributed by atoms with Gasteiger partial charge in [-0.1, -0.05) is 13.8 Å². The molecule has 0 bridgehead atoms. The Morgan fingerprint density at radius 2 is 2.19 bits per heavy atom. The van der Waals surface area contributed by atoms with Gasteiger partial charge in [0, 0.05) is 38.6 Å². The second-order valence-corrected chi connectivity index (χ2v) is 3.96. The zero-order valence-electron chi connectivity index (χ0n) is 10.7. The van der Waals surface area contributed by atoms with Crippen molar-refractivity contribution in [3.05, 3.63) is 18.2 Å². The maximum Gasteiger partial charge on any atom is 0.105 e. The molecule has 0 fully saturated rings. The van der Waals surface area contributed by atoms with Crippen LogP contribution in [0.1, 0.15) is 19.7 Å². The van der Waals surface area contributed by atoms with Gasteiger partial charge in [0.25, 0.3) is 0 Å². The number of nitrogens with one attached hydrogen (secondary N) is 1. The highest BCUT2D eigenvalue weighted by Crippen LogP contribution is 1.96. The van der Waals surface area contributed by atoms with Crippen LogP contribution in [0.15, 0.2) is 12.4 Å². The van der Waals surface area contributed by atoms with Gasteiger partial charge in [0.05, 0.1) is 0 Å². The summed E-state index contributed by atoms with van der Waals surface area (Å²) in [4.78, 5) is 6.69. The van der Waals surface area contributed by atoms with Crippen LogP contribution in [-0.4, -0.2) is 47.2 Å². The van der Waals surface area contributed by atoms with E-state index in [2.05, 4.69) is 40.5 Å². The van der Waals surface area contributed by atoms with E-state index in [1.165, 1.54) is 0 Å². The molecule has 1 aromatic rings. The highest BCUT2D eigenvalue weighted by atomic mass is 15.2. The van der Waals surface area contributed by atoms with Crippen LogP contribution in [-0.2, 0) is 6.54 Å². The smallest absolute Gasteiger partial charge is 0.105 e. The predicted molar refractivity (Wildman–Crippen MR) is 67.6 cm³/mol. The molecule has 1 N–H and O–H groups in total. The van der Waals surface area contributed by atoms with E-state index in [-0.39, 0.29) is 0 Å². The van der Waals surface area contributed by atoms with Crippen molar-refractivity contribution in [3.63, 3.8) is 0 Å². The SMILES string of the molecule is CCNCCN(CC)CCn1ccnc1C. The third kappa shape index (κ3) is 4.33. The molecule has 0 radical (unpaired) electrons. The molecule has 0 saturated heterocycles. The molecule has 0 atom stereocenters. The molecule has 0 aliphatic heterocycles. The molecule has 1 heterocycles. The van der Waals surface area contributed by atoms with Crippen molar-refractivity contribution in [2.24, 2.45) is 0 Å². The van der Waals surface area contributed by atoms with E-state index in [9.17, 15) is 0 Å². The summed E-state index contributed by atoms with van der Waals surface area (Å²) in [5.41, 5.74) is 0. The van der Waals surface area contributed by atoms with Gasteiger partial charge in [-0.25, -0.2) is 4.98 Å². The van der Waals surface area contributed by atoms with Gasteiger partial charge in [-0.2, -0.15) is 0 Å². The van der Waals surface area contributed by atoms with Crippen molar-refractivity contribution < 1.29 is 0 Å². The molecule has 0 spiro atoms. The molecule has 0 aliphatic carbocycles. The Balaban J connectivity index is 2.26. The quantitative estimate of drug-likeness (QED) is 0.672. The van der Waals surface area contributed by atoms with Crippen molar-refractivity contribution >= 4 is 0 Å². The molecular weight excluding hydrogens is 200 g/mol. The van der Waals surface area contributed by atoms with Crippen molar-refractivity contribution in [1.29, 1.82) is 0 Å². The van der Waals surface area contributed by atoms with Crippen LogP contribution in [0.4, 0.5) is 0 Å². The lowest BCUT2D eigenvalue weighted by atomic mass is 10.4. The van der Waals surface area contributed by atoms with Gasteiger partial charge in [0.15, 0.2) is 0 Å². The average Bonchev–Trinajstić information content (AvgIpc) is 2.69. The molecule has 0 unspecified atom stereocenters. The van der Waals surface area contributed by atoms with Gasteiger partial charge < -0.3 is 14.8 Å². The molecular formula is C12H24N4. The highest BCUT2D eigenvalue weighted by molar-refractivity contribution is 4.88. The van der Waals surface area contributed by atoms with E-state index in [1.807, 2.05) is 12.4 Å². The van der Waals surface area contributed by atoms with Gasteiger partial charge in [-0.05, 0) is 20.0 Å². The van der Waals surface area contributed by atoms with Crippen molar-refractivity contribution in [3.8, 4) is 0 Å². The second kappa shape index (κ2) is 7.41. The number of aryl methyl sites for hydroxylation is 1. The van der Waals surface area contributed by atoms with Crippen molar-refractivity contribution in [2.75, 3.05) is 32.7 Å². The lowest BCUT2D eigenvalue weighted by molar-refractivity contribution is 0.275. The number of imidazole rings is 1. The number of likely N-dealkylation sites (N-methyl/N-ethyl adjacent to an activating group) is 2. The summed E-state index contributed by atoms with van der Waals surface area (Å²) in [6.45, 7) is 12.9. The maximum atomic E-state index is 4.23. The molecule has 92 valence electrons. The minimum absolute atomic E-state index is 1.03. The standard InChI is InChI=1S/C12H24N4/c1-4-13-6-8-15(5-2)10-11-16-9-7-14-12(16)3/h7,9,13H,4-6,8,10-11H2,1-3H3. The zero-order chi connectivity index (χ0) is 11.8. The predicted octanol–water partition coefficient (Wildman–Crippen LogP) is 1.12. The van der Waals surface area contributed by atoms with E-state index in [0.29, 0.717) is 0 Å². The number of nitrogens with zero attached hydrogens (tertiary/aromatic N) is 3. The van der Waals surface area contributed by atoms with Crippen LogP contribution in [0.2, 0.25) is 0 Å². The lowest BCUT2D eigenvalue weighted by Gasteiger charge is -2.20. The van der Waals surface area contributed by atoms with Crippen LogP contribution >= 0.6 is 0 Å². The third-order valence-corrected chi connectivity index (χ3v) is 2.88. The molecule has 1 rings (SSSR count). The first kappa shape index (κ1) is 13.2. The number of hydrogen-bond acceptors (Lipinski definition) is 3. The topological polar surface area (TPSA) is 33.1 Å². The Labute approximate surface area is 98.7 Å². The normalized spacial score (nSPS) is 11.2. The molecule has 4 heteroatoms. The summed E-state index contributed by atoms with van der Waals surface area (Å²) in [7, 11) is 0. The third-order valence-electron chi connectivity index (χ3n) is 2.88. The summed E-state index contributed by atoms with van der Waals surface area (Å²) in [6, 6.07) is 0. The lowest BCUT2D eigenvalue weighted by Crippen LogP contribution is -2.34. The van der Waals surface area contributed by atoms with E-state index in [4.69, 9.17) is 0 Å². The summed E-state index contributed by atoms with van der Waals surface area (Å²) < 4.78 is 2.20. The van der Waals surface area contributed by atoms with Crippen LogP contribution in [0.25, 0.3) is 0 Å². The van der Waals surface area contributed by atoms with E-state index < -0.39 is 0 Å². The van der Waals surface area contributed by atoms with Crippen molar-refractivity contribution in [1.82, 2.24) is 19.8 Å². The van der Waals surface area contributed by atoms with E-state index in [0.717, 1.165) is 45.1 Å². The summed E-state index contributed by atoms with van der Waals surface area (Å²) in [5, 5.41) is 3.36. The van der Waals surface area contributed by atoms with Crippen LogP contribution in [0.3, 0.4) is 0 Å². The first-order valence-electron chi connectivity index (χ1n) is 6.18. The summed E-state index contributed by atoms with van der Waals surface area (Å²) in [6.07, 6.45) is 3.91. The van der Waals surface area contributed by atoms with Crippen LogP contribution in [0, 0.1) is 6.92 Å². The minimum atomic E-state index is 1.03. The van der Waals surface area contributed by atoms with Gasteiger partial charge in [0.2, 0.25) is 0 Å². The maximum absolute atomic E-state index is 4.23. The Morgan fingerprint density at radius 3 is 2.75 bits per heavy atom. The summed E-state index contributed by atoms with van der Waals surface area (Å²) >= 11 is 0. The fraction of sp³-hybridized carbons (Fsp3) is 0.750. The first-order chi connectivity index (χ1) is 7.77. The van der Waals surface area contributed by atoms with Crippen molar-refractivity contribution in [2.45, 2.75) is 27.3 Å². The Kier molecular flexibility index (Phi) is 6.11. The molecule has 1 aromatic heterocycles. The average molecular weight is 224 g/mol. The molecule has 16 heavy (non-hydrogen) atoms. The van der Waals surface area contributed by atoms with Gasteiger partial charge >= 0.3 is 0 Å². The van der Waals surface area contributed by atoms with Gasteiger partial charge in [0.1, 0.15) is 5.82 Å². The Hall–Kier alpha value is -0.870. The zero-order valence-corrected chi connectivity index (χ0v) is 10.7. The molecule has 0 aromatic carbocycles. The van der Waals surface area contributed by atoms with Crippen LogP contribution < -0.4 is 5.32 Å². The number of hydrogen-bond donors (Lipinski definition) is 1. The Morgan fingerprint density at radius 1 is 1.38 bits per heavy atom. The fourth-order valence-electron chi connectivity index (χ4n) is 1.73. The molecule has 0 amide bonds.